The van der Waals surface area contributed by atoms with Gasteiger partial charge in [0.2, 0.25) is 5.91 Å². The Morgan fingerprint density at radius 1 is 1.05 bits per heavy atom. The molecular weight excluding hydrogens is 512 g/mol. The average molecular weight is 559 g/mol. The molecule has 1 N–H and O–H groups in total. The van der Waals surface area contributed by atoms with Gasteiger partial charge in [-0.2, -0.15) is 0 Å². The lowest BCUT2D eigenvalue weighted by Gasteiger charge is -2.36. The summed E-state index contributed by atoms with van der Waals surface area (Å²) in [4.78, 5) is 18.4. The molecule has 1 aliphatic heterocycles. The zero-order valence-electron chi connectivity index (χ0n) is 24.7. The predicted octanol–water partition coefficient (Wildman–Crippen LogP) is 4.86. The lowest BCUT2D eigenvalue weighted by atomic mass is 9.95. The van der Waals surface area contributed by atoms with Gasteiger partial charge < -0.3 is 24.6 Å². The van der Waals surface area contributed by atoms with Gasteiger partial charge in [-0.1, -0.05) is 13.8 Å². The molecule has 1 fully saturated rings. The fraction of sp³-hybridized carbons (Fsp3) is 0.567. The molecule has 216 valence electrons. The van der Waals surface area contributed by atoms with E-state index in [1.165, 1.54) is 19.4 Å². The highest BCUT2D eigenvalue weighted by atomic mass is 32.2. The highest BCUT2D eigenvalue weighted by Crippen LogP contribution is 2.34. The van der Waals surface area contributed by atoms with Crippen molar-refractivity contribution in [3.05, 3.63) is 41.5 Å². The highest BCUT2D eigenvalue weighted by molar-refractivity contribution is 7.82. The number of aryl methyl sites for hydroxylation is 2. The summed E-state index contributed by atoms with van der Waals surface area (Å²) in [5.41, 5.74) is 3.57. The summed E-state index contributed by atoms with van der Waals surface area (Å²) < 4.78 is 25.9. The molecule has 0 bridgehead atoms. The van der Waals surface area contributed by atoms with Gasteiger partial charge in [-0.05, 0) is 81.1 Å². The Bertz CT molecular complexity index is 1110. The van der Waals surface area contributed by atoms with Gasteiger partial charge in [-0.3, -0.25) is 4.79 Å². The van der Waals surface area contributed by atoms with E-state index < -0.39 is 11.0 Å². The molecular formula is C30H46N4O4S. The number of ether oxygens (including phenoxy) is 2. The van der Waals surface area contributed by atoms with Gasteiger partial charge in [0.15, 0.2) is 0 Å². The summed E-state index contributed by atoms with van der Waals surface area (Å²) in [6, 6.07) is 9.62. The zero-order valence-corrected chi connectivity index (χ0v) is 25.5. The molecule has 1 saturated heterocycles. The Balaban J connectivity index is 1.55. The molecule has 0 spiro atoms. The van der Waals surface area contributed by atoms with Gasteiger partial charge in [0, 0.05) is 51.4 Å². The van der Waals surface area contributed by atoms with E-state index in [1.807, 2.05) is 44.2 Å². The Morgan fingerprint density at radius 3 is 2.26 bits per heavy atom. The summed E-state index contributed by atoms with van der Waals surface area (Å²) in [7, 11) is 3.69. The number of carbonyl (C=O) groups excluding carboxylic acids is 1. The molecule has 0 aliphatic carbocycles. The van der Waals surface area contributed by atoms with Crippen LogP contribution in [0.15, 0.2) is 35.2 Å². The topological polar surface area (TPSA) is 74.4 Å². The molecule has 1 aliphatic rings. The number of nitrogens with zero attached hydrogens (tertiary/aromatic N) is 3. The molecule has 1 unspecified atom stereocenters. The quantitative estimate of drug-likeness (QED) is 0.379. The van der Waals surface area contributed by atoms with Crippen LogP contribution in [-0.2, 0) is 15.8 Å². The van der Waals surface area contributed by atoms with Crippen LogP contribution in [0.5, 0.6) is 11.5 Å². The first-order valence-corrected chi connectivity index (χ1v) is 15.0. The van der Waals surface area contributed by atoms with Crippen LogP contribution in [0.1, 0.15) is 44.2 Å². The lowest BCUT2D eigenvalue weighted by Crippen LogP contribution is -2.38. The number of rotatable bonds is 13. The second-order valence-corrected chi connectivity index (χ2v) is 11.8. The van der Waals surface area contributed by atoms with E-state index in [2.05, 4.69) is 29.0 Å². The summed E-state index contributed by atoms with van der Waals surface area (Å²) in [5.74, 6) is 2.11. The second kappa shape index (κ2) is 14.7. The number of benzene rings is 2. The van der Waals surface area contributed by atoms with Crippen molar-refractivity contribution < 1.29 is 18.5 Å². The second-order valence-electron chi connectivity index (χ2n) is 10.3. The molecule has 8 nitrogen and oxygen atoms in total. The maximum absolute atomic E-state index is 13.2. The van der Waals surface area contributed by atoms with Crippen LogP contribution in [-0.4, -0.2) is 79.9 Å². The van der Waals surface area contributed by atoms with Gasteiger partial charge >= 0.3 is 0 Å². The minimum atomic E-state index is -1.37. The maximum Gasteiger partial charge on any atom is 0.225 e. The van der Waals surface area contributed by atoms with Gasteiger partial charge in [-0.15, -0.1) is 0 Å². The number of carbonyl (C=O) groups is 1. The van der Waals surface area contributed by atoms with E-state index in [9.17, 15) is 9.00 Å². The SMILES string of the molecule is CCN(CC)CC1CCN(c2ccc(NC(=O)CCN(C)S(=O)c3c(C)cc(OC)cc3C)cc2OC)CC1. The molecule has 1 atom stereocenters. The van der Waals surface area contributed by atoms with Crippen molar-refractivity contribution in [3.63, 3.8) is 0 Å². The maximum atomic E-state index is 13.2. The van der Waals surface area contributed by atoms with E-state index in [4.69, 9.17) is 9.47 Å². The first-order valence-electron chi connectivity index (χ1n) is 13.9. The minimum absolute atomic E-state index is 0.131. The van der Waals surface area contributed by atoms with Crippen molar-refractivity contribution in [2.45, 2.75) is 51.9 Å². The van der Waals surface area contributed by atoms with Crippen LogP contribution in [0.4, 0.5) is 11.4 Å². The van der Waals surface area contributed by atoms with Gasteiger partial charge in [0.05, 0.1) is 24.8 Å². The summed E-state index contributed by atoms with van der Waals surface area (Å²) in [6.07, 6.45) is 2.56. The van der Waals surface area contributed by atoms with Crippen molar-refractivity contribution in [3.8, 4) is 11.5 Å². The van der Waals surface area contributed by atoms with E-state index in [0.29, 0.717) is 12.2 Å². The molecule has 39 heavy (non-hydrogen) atoms. The fourth-order valence-corrected chi connectivity index (χ4v) is 6.48. The number of methoxy groups -OCH3 is 2. The van der Waals surface area contributed by atoms with Crippen molar-refractivity contribution in [2.75, 3.05) is 70.8 Å². The molecule has 9 heteroatoms. The summed E-state index contributed by atoms with van der Waals surface area (Å²) in [5, 5.41) is 2.98. The average Bonchev–Trinajstić information content (AvgIpc) is 2.94. The van der Waals surface area contributed by atoms with Crippen LogP contribution >= 0.6 is 0 Å². The Hall–Kier alpha value is -2.62. The van der Waals surface area contributed by atoms with Crippen molar-refractivity contribution in [2.24, 2.45) is 5.92 Å². The molecule has 1 heterocycles. The van der Waals surface area contributed by atoms with Crippen molar-refractivity contribution in [1.29, 1.82) is 0 Å². The van der Waals surface area contributed by atoms with Gasteiger partial charge in [0.25, 0.3) is 0 Å². The van der Waals surface area contributed by atoms with Crippen LogP contribution in [0, 0.1) is 19.8 Å². The van der Waals surface area contributed by atoms with Gasteiger partial charge in [-0.25, -0.2) is 8.51 Å². The first kappa shape index (κ1) is 30.9. The standard InChI is InChI=1S/C30H46N4O4S/c1-8-33(9-2)21-24-12-16-34(17-13-24)27-11-10-25(20-28(27)38-7)31-29(35)14-15-32(5)39(36)30-22(3)18-26(37-6)19-23(30)4/h10-11,18-20,24H,8-9,12-17,21H2,1-7H3,(H,31,35). The third kappa shape index (κ3) is 8.19. The minimum Gasteiger partial charge on any atom is -0.497 e. The molecule has 2 aromatic carbocycles. The van der Waals surface area contributed by atoms with Crippen LogP contribution in [0.25, 0.3) is 0 Å². The molecule has 1 amide bonds. The van der Waals surface area contributed by atoms with E-state index in [-0.39, 0.29) is 12.3 Å². The largest absolute Gasteiger partial charge is 0.497 e. The third-order valence-corrected chi connectivity index (χ3v) is 9.35. The van der Waals surface area contributed by atoms with Crippen molar-refractivity contribution in [1.82, 2.24) is 9.21 Å². The van der Waals surface area contributed by atoms with E-state index in [0.717, 1.165) is 65.3 Å². The Morgan fingerprint density at radius 2 is 1.69 bits per heavy atom. The fourth-order valence-electron chi connectivity index (χ4n) is 5.25. The van der Waals surface area contributed by atoms with Crippen molar-refractivity contribution >= 4 is 28.3 Å². The lowest BCUT2D eigenvalue weighted by molar-refractivity contribution is -0.116. The number of amides is 1. The van der Waals surface area contributed by atoms with Crippen LogP contribution in [0.2, 0.25) is 0 Å². The number of anilines is 2. The Kier molecular flexibility index (Phi) is 11.6. The summed E-state index contributed by atoms with van der Waals surface area (Å²) in [6.45, 7) is 14.1. The normalized spacial score (nSPS) is 15.1. The molecule has 2 aromatic rings. The number of piperidine rings is 1. The molecule has 0 radical (unpaired) electrons. The number of hydrogen-bond acceptors (Lipinski definition) is 6. The van der Waals surface area contributed by atoms with Crippen LogP contribution in [0.3, 0.4) is 0 Å². The Labute approximate surface area is 237 Å². The highest BCUT2D eigenvalue weighted by Gasteiger charge is 2.23. The monoisotopic (exact) mass is 558 g/mol. The summed E-state index contributed by atoms with van der Waals surface area (Å²) >= 11 is 0. The number of hydrogen-bond donors (Lipinski definition) is 1. The molecule has 0 saturated carbocycles. The molecule has 3 rings (SSSR count). The molecule has 0 aromatic heterocycles. The zero-order chi connectivity index (χ0) is 28.5. The third-order valence-electron chi connectivity index (χ3n) is 7.61. The van der Waals surface area contributed by atoms with Crippen LogP contribution < -0.4 is 19.7 Å². The smallest absolute Gasteiger partial charge is 0.225 e. The van der Waals surface area contributed by atoms with E-state index >= 15 is 0 Å². The predicted molar refractivity (Wildman–Crippen MR) is 160 cm³/mol. The number of nitrogens with one attached hydrogen (secondary N) is 1. The first-order chi connectivity index (χ1) is 18.7. The van der Waals surface area contributed by atoms with E-state index in [1.54, 1.807) is 25.6 Å². The van der Waals surface area contributed by atoms with Gasteiger partial charge in [0.1, 0.15) is 22.5 Å².